The largest absolute Gasteiger partial charge is 0.494 e. The van der Waals surface area contributed by atoms with E-state index in [1.807, 2.05) is 0 Å². The molecule has 29 heavy (non-hydrogen) atoms. The zero-order chi connectivity index (χ0) is 20.8. The fourth-order valence-electron chi connectivity index (χ4n) is 4.48. The Morgan fingerprint density at radius 3 is 2.55 bits per heavy atom. The summed E-state index contributed by atoms with van der Waals surface area (Å²) in [6, 6.07) is 5.05. The molecule has 2 N–H and O–H groups in total. The van der Waals surface area contributed by atoms with Crippen LogP contribution in [0.4, 0.5) is 10.1 Å². The van der Waals surface area contributed by atoms with Gasteiger partial charge in [-0.3, -0.25) is 4.98 Å². The number of rotatable bonds is 3. The predicted octanol–water partition coefficient (Wildman–Crippen LogP) is 1.75. The summed E-state index contributed by atoms with van der Waals surface area (Å²) in [5.74, 6) is -0.404. The van der Waals surface area contributed by atoms with Crippen LogP contribution in [0.1, 0.15) is 24.8 Å². The van der Waals surface area contributed by atoms with Gasteiger partial charge in [0.2, 0.25) is 0 Å². The highest BCUT2D eigenvalue weighted by Gasteiger charge is 2.43. The number of anilines is 1. The molecule has 2 fully saturated rings. The summed E-state index contributed by atoms with van der Waals surface area (Å²) >= 11 is 0. The third-order valence-electron chi connectivity index (χ3n) is 6.14. The van der Waals surface area contributed by atoms with E-state index >= 15 is 0 Å². The maximum atomic E-state index is 14.4. The van der Waals surface area contributed by atoms with Crippen molar-refractivity contribution in [3.05, 3.63) is 29.7 Å². The van der Waals surface area contributed by atoms with E-state index in [4.69, 9.17) is 9.88 Å². The average molecular weight is 419 g/mol. The van der Waals surface area contributed by atoms with Crippen LogP contribution in [0.5, 0.6) is 5.75 Å². The van der Waals surface area contributed by atoms with Crippen molar-refractivity contribution >= 4 is 26.8 Å². The third kappa shape index (κ3) is 3.50. The lowest BCUT2D eigenvalue weighted by Crippen LogP contribution is -2.43. The van der Waals surface area contributed by atoms with Crippen LogP contribution in [-0.4, -0.2) is 51.0 Å². The number of benzene rings is 1. The van der Waals surface area contributed by atoms with Crippen molar-refractivity contribution in [1.29, 1.82) is 5.26 Å². The van der Waals surface area contributed by atoms with Gasteiger partial charge in [0.25, 0.3) is 10.2 Å². The minimum atomic E-state index is -3.68. The Morgan fingerprint density at radius 2 is 1.97 bits per heavy atom. The monoisotopic (exact) mass is 419 g/mol. The Bertz CT molecular complexity index is 1110. The van der Waals surface area contributed by atoms with Gasteiger partial charge >= 0.3 is 0 Å². The van der Waals surface area contributed by atoms with E-state index in [0.717, 1.165) is 19.3 Å². The van der Waals surface area contributed by atoms with Crippen molar-refractivity contribution < 1.29 is 17.5 Å². The van der Waals surface area contributed by atoms with Crippen molar-refractivity contribution in [2.24, 2.45) is 10.6 Å². The molecule has 0 saturated carbocycles. The lowest BCUT2D eigenvalue weighted by atomic mass is 9.77. The minimum Gasteiger partial charge on any atom is -0.494 e. The topological polar surface area (TPSA) is 113 Å². The van der Waals surface area contributed by atoms with Gasteiger partial charge in [-0.1, -0.05) is 0 Å². The fourth-order valence-corrected chi connectivity index (χ4v) is 5.28. The molecule has 3 heterocycles. The molecular weight excluding hydrogens is 397 g/mol. The summed E-state index contributed by atoms with van der Waals surface area (Å²) in [5.41, 5.74) is 1.50. The van der Waals surface area contributed by atoms with E-state index in [9.17, 15) is 18.1 Å². The second kappa shape index (κ2) is 7.09. The predicted molar refractivity (Wildman–Crippen MR) is 106 cm³/mol. The summed E-state index contributed by atoms with van der Waals surface area (Å²) < 4.78 is 44.1. The first-order chi connectivity index (χ1) is 13.8. The van der Waals surface area contributed by atoms with Crippen molar-refractivity contribution in [2.45, 2.75) is 19.3 Å². The summed E-state index contributed by atoms with van der Waals surface area (Å²) in [5, 5.41) is 15.4. The van der Waals surface area contributed by atoms with Crippen molar-refractivity contribution in [3.8, 4) is 11.8 Å². The molecule has 2 aliphatic rings. The summed E-state index contributed by atoms with van der Waals surface area (Å²) in [4.78, 5) is 6.35. The van der Waals surface area contributed by atoms with Gasteiger partial charge in [0.05, 0.1) is 23.9 Å². The number of nitriles is 1. The first-order valence-electron chi connectivity index (χ1n) is 9.35. The van der Waals surface area contributed by atoms with Crippen LogP contribution in [0.3, 0.4) is 0 Å². The Balaban J connectivity index is 1.65. The molecule has 0 amide bonds. The number of pyridine rings is 1. The number of halogens is 1. The van der Waals surface area contributed by atoms with Gasteiger partial charge in [0.15, 0.2) is 11.6 Å². The molecule has 0 atom stereocenters. The number of aromatic nitrogens is 1. The lowest BCUT2D eigenvalue weighted by Gasteiger charge is -2.40. The number of fused-ring (bicyclic) bond motifs is 1. The molecule has 1 aromatic carbocycles. The third-order valence-corrected chi connectivity index (χ3v) is 7.17. The van der Waals surface area contributed by atoms with Crippen LogP contribution in [-0.2, 0) is 10.2 Å². The number of ether oxygens (including phenoxy) is 1. The van der Waals surface area contributed by atoms with Crippen LogP contribution in [0.2, 0.25) is 0 Å². The Labute approximate surface area is 168 Å². The first kappa shape index (κ1) is 19.8. The molecule has 0 bridgehead atoms. The summed E-state index contributed by atoms with van der Waals surface area (Å²) in [6.45, 7) is 2.14. The zero-order valence-electron chi connectivity index (χ0n) is 16.1. The highest BCUT2D eigenvalue weighted by atomic mass is 32.2. The number of hydrogen-bond acceptors (Lipinski definition) is 6. The molecular formula is C19H22FN5O3S. The van der Waals surface area contributed by atoms with Gasteiger partial charge in [0.1, 0.15) is 6.07 Å². The highest BCUT2D eigenvalue weighted by Crippen LogP contribution is 2.43. The minimum absolute atomic E-state index is 0.104. The normalized spacial score (nSPS) is 19.6. The van der Waals surface area contributed by atoms with E-state index in [-0.39, 0.29) is 11.2 Å². The molecule has 2 aromatic rings. The van der Waals surface area contributed by atoms with Gasteiger partial charge in [-0.25, -0.2) is 9.53 Å². The van der Waals surface area contributed by atoms with Crippen molar-refractivity contribution in [3.63, 3.8) is 0 Å². The molecule has 2 aliphatic heterocycles. The van der Waals surface area contributed by atoms with Crippen molar-refractivity contribution in [1.82, 2.24) is 9.29 Å². The quantitative estimate of drug-likeness (QED) is 0.811. The SMILES string of the molecule is COc1cc2ncc(C#N)c(N3CCC4(CC3)CCN(S(N)(=O)=O)C4)c2cc1F. The van der Waals surface area contributed by atoms with Gasteiger partial charge in [-0.15, -0.1) is 0 Å². The summed E-state index contributed by atoms with van der Waals surface area (Å²) in [6.07, 6.45) is 3.81. The molecule has 0 unspecified atom stereocenters. The average Bonchev–Trinajstić information content (AvgIpc) is 3.11. The molecule has 1 spiro atoms. The van der Waals surface area contributed by atoms with E-state index in [1.54, 1.807) is 0 Å². The molecule has 0 radical (unpaired) electrons. The maximum Gasteiger partial charge on any atom is 0.276 e. The molecule has 10 heteroatoms. The number of hydrogen-bond donors (Lipinski definition) is 1. The highest BCUT2D eigenvalue weighted by molar-refractivity contribution is 7.86. The zero-order valence-corrected chi connectivity index (χ0v) is 16.9. The van der Waals surface area contributed by atoms with Crippen LogP contribution >= 0.6 is 0 Å². The molecule has 154 valence electrons. The smallest absolute Gasteiger partial charge is 0.276 e. The van der Waals surface area contributed by atoms with Crippen LogP contribution in [0, 0.1) is 22.6 Å². The van der Waals surface area contributed by atoms with Gasteiger partial charge in [0, 0.05) is 43.8 Å². The number of nitrogens with two attached hydrogens (primary N) is 1. The van der Waals surface area contributed by atoms with E-state index < -0.39 is 16.0 Å². The van der Waals surface area contributed by atoms with E-state index in [1.165, 1.54) is 29.7 Å². The van der Waals surface area contributed by atoms with Gasteiger partial charge in [-0.2, -0.15) is 18.0 Å². The standard InChI is InChI=1S/C19H22FN5O3S/c1-28-17-9-16-14(8-15(17)20)18(13(10-21)11-23-16)24-5-2-19(3-6-24)4-7-25(12-19)29(22,26)27/h8-9,11H,2-7,12H2,1H3,(H2,22,26,27). The van der Waals surface area contributed by atoms with Crippen molar-refractivity contribution in [2.75, 3.05) is 38.2 Å². The number of nitrogens with zero attached hydrogens (tertiary/aromatic N) is 4. The van der Waals surface area contributed by atoms with E-state index in [2.05, 4.69) is 16.0 Å². The van der Waals surface area contributed by atoms with Crippen LogP contribution in [0.15, 0.2) is 18.3 Å². The second-order valence-corrected chi connectivity index (χ2v) is 9.30. The Hall–Kier alpha value is -2.48. The first-order valence-corrected chi connectivity index (χ1v) is 10.9. The number of piperidine rings is 1. The molecule has 8 nitrogen and oxygen atoms in total. The fraction of sp³-hybridized carbons (Fsp3) is 0.474. The molecule has 4 rings (SSSR count). The molecule has 2 saturated heterocycles. The maximum absolute atomic E-state index is 14.4. The Kier molecular flexibility index (Phi) is 4.85. The molecule has 0 aliphatic carbocycles. The van der Waals surface area contributed by atoms with Crippen LogP contribution < -0.4 is 14.8 Å². The Morgan fingerprint density at radius 1 is 1.28 bits per heavy atom. The lowest BCUT2D eigenvalue weighted by molar-refractivity contribution is 0.235. The number of methoxy groups -OCH3 is 1. The van der Waals surface area contributed by atoms with Gasteiger partial charge < -0.3 is 9.64 Å². The second-order valence-electron chi connectivity index (χ2n) is 7.75. The summed E-state index contributed by atoms with van der Waals surface area (Å²) in [7, 11) is -2.29. The molecule has 1 aromatic heterocycles. The van der Waals surface area contributed by atoms with Gasteiger partial charge in [-0.05, 0) is 30.7 Å². The van der Waals surface area contributed by atoms with Crippen LogP contribution in [0.25, 0.3) is 10.9 Å². The van der Waals surface area contributed by atoms with E-state index in [0.29, 0.717) is 48.3 Å².